The number of carboxylic acid groups (broad SMARTS) is 1. The number of amides is 1. The zero-order chi connectivity index (χ0) is 22.9. The molecule has 0 aromatic heterocycles. The van der Waals surface area contributed by atoms with E-state index in [1.165, 1.54) is 6.08 Å². The van der Waals surface area contributed by atoms with Crippen molar-refractivity contribution in [2.24, 2.45) is 5.92 Å². The molecular formula is C25H25NO6. The lowest BCUT2D eigenvalue weighted by molar-refractivity contribution is -0.131. The lowest BCUT2D eigenvalue weighted by atomic mass is 9.96. The summed E-state index contributed by atoms with van der Waals surface area (Å²) in [6.45, 7) is 1.84. The Kier molecular flexibility index (Phi) is 7.83. The Balaban J connectivity index is 1.81. The zero-order valence-electron chi connectivity index (χ0n) is 17.6. The zero-order valence-corrected chi connectivity index (χ0v) is 17.6. The molecule has 0 bridgehead atoms. The van der Waals surface area contributed by atoms with Crippen LogP contribution in [-0.4, -0.2) is 35.5 Å². The van der Waals surface area contributed by atoms with E-state index in [1.54, 1.807) is 37.3 Å². The standard InChI is InChI=1S/C25H25NO6/c1-17(9-14-23(28)29)24(19-10-12-20(13-11-19)31-16-15-27)32-25(30)26-22-8-4-6-18-5-2-3-7-21(18)22/h2-14,17,24,27H,15-16H2,1H3,(H,26,30)(H,28,29)/b14-9+/t17-,24+/m1/s1. The minimum atomic E-state index is -1.08. The van der Waals surface area contributed by atoms with Crippen LogP contribution in [0.4, 0.5) is 10.5 Å². The summed E-state index contributed by atoms with van der Waals surface area (Å²) in [5, 5.41) is 22.5. The Hall–Kier alpha value is -3.84. The van der Waals surface area contributed by atoms with E-state index in [0.717, 1.165) is 16.8 Å². The van der Waals surface area contributed by atoms with Crippen LogP contribution >= 0.6 is 0 Å². The van der Waals surface area contributed by atoms with Crippen LogP contribution in [0.5, 0.6) is 5.75 Å². The van der Waals surface area contributed by atoms with Crippen molar-refractivity contribution in [2.75, 3.05) is 18.5 Å². The highest BCUT2D eigenvalue weighted by Gasteiger charge is 2.23. The van der Waals surface area contributed by atoms with Gasteiger partial charge in [0.1, 0.15) is 18.5 Å². The van der Waals surface area contributed by atoms with Gasteiger partial charge in [-0.1, -0.05) is 61.5 Å². The van der Waals surface area contributed by atoms with Crippen molar-refractivity contribution in [3.05, 3.63) is 84.4 Å². The Morgan fingerprint density at radius 2 is 1.75 bits per heavy atom. The van der Waals surface area contributed by atoms with E-state index in [4.69, 9.17) is 19.7 Å². The average molecular weight is 435 g/mol. The number of aliphatic carboxylic acids is 1. The summed E-state index contributed by atoms with van der Waals surface area (Å²) in [5.74, 6) is -0.923. The third kappa shape index (κ3) is 6.09. The molecule has 1 amide bonds. The normalized spacial score (nSPS) is 12.9. The Morgan fingerprint density at radius 1 is 1.03 bits per heavy atom. The Morgan fingerprint density at radius 3 is 2.47 bits per heavy atom. The SMILES string of the molecule is C[C@H](/C=C/C(=O)O)[C@H](OC(=O)Nc1cccc2ccccc12)c1ccc(OCCO)cc1. The van der Waals surface area contributed by atoms with E-state index in [0.29, 0.717) is 17.0 Å². The van der Waals surface area contributed by atoms with Crippen LogP contribution in [0.3, 0.4) is 0 Å². The van der Waals surface area contributed by atoms with E-state index >= 15 is 0 Å². The summed E-state index contributed by atoms with van der Waals surface area (Å²) in [5.41, 5.74) is 1.30. The summed E-state index contributed by atoms with van der Waals surface area (Å²) in [7, 11) is 0. The highest BCUT2D eigenvalue weighted by Crippen LogP contribution is 2.30. The maximum atomic E-state index is 12.8. The molecule has 7 nitrogen and oxygen atoms in total. The maximum Gasteiger partial charge on any atom is 0.412 e. The molecule has 0 spiro atoms. The lowest BCUT2D eigenvalue weighted by Crippen LogP contribution is -2.21. The number of aliphatic hydroxyl groups is 1. The summed E-state index contributed by atoms with van der Waals surface area (Å²) < 4.78 is 11.1. The largest absolute Gasteiger partial charge is 0.491 e. The molecule has 0 aliphatic heterocycles. The third-order valence-electron chi connectivity index (χ3n) is 4.85. The number of carboxylic acids is 1. The number of anilines is 1. The molecular weight excluding hydrogens is 410 g/mol. The molecule has 2 atom stereocenters. The van der Waals surface area contributed by atoms with Crippen molar-refractivity contribution < 1.29 is 29.3 Å². The molecule has 0 unspecified atom stereocenters. The fourth-order valence-electron chi connectivity index (χ4n) is 3.32. The van der Waals surface area contributed by atoms with Gasteiger partial charge in [0, 0.05) is 17.4 Å². The van der Waals surface area contributed by atoms with Gasteiger partial charge in [0.2, 0.25) is 0 Å². The number of hydrogen-bond acceptors (Lipinski definition) is 5. The molecule has 0 fully saturated rings. The molecule has 32 heavy (non-hydrogen) atoms. The number of fused-ring (bicyclic) bond motifs is 1. The fraction of sp³-hybridized carbons (Fsp3) is 0.200. The molecule has 3 aromatic carbocycles. The van der Waals surface area contributed by atoms with E-state index < -0.39 is 24.1 Å². The van der Waals surface area contributed by atoms with Crippen molar-refractivity contribution in [3.8, 4) is 5.75 Å². The van der Waals surface area contributed by atoms with Crippen molar-refractivity contribution in [3.63, 3.8) is 0 Å². The summed E-state index contributed by atoms with van der Waals surface area (Å²) in [6.07, 6.45) is 1.13. The van der Waals surface area contributed by atoms with Crippen molar-refractivity contribution in [1.29, 1.82) is 0 Å². The van der Waals surface area contributed by atoms with Gasteiger partial charge in [-0.15, -0.1) is 0 Å². The number of hydrogen-bond donors (Lipinski definition) is 3. The van der Waals surface area contributed by atoms with Crippen LogP contribution in [0.1, 0.15) is 18.6 Å². The van der Waals surface area contributed by atoms with E-state index in [9.17, 15) is 9.59 Å². The van der Waals surface area contributed by atoms with Gasteiger partial charge < -0.3 is 19.7 Å². The smallest absolute Gasteiger partial charge is 0.412 e. The maximum absolute atomic E-state index is 12.8. The van der Waals surface area contributed by atoms with Crippen LogP contribution in [-0.2, 0) is 9.53 Å². The lowest BCUT2D eigenvalue weighted by Gasteiger charge is -2.23. The monoisotopic (exact) mass is 435 g/mol. The highest BCUT2D eigenvalue weighted by atomic mass is 16.6. The number of rotatable bonds is 9. The number of aliphatic hydroxyl groups excluding tert-OH is 1. The van der Waals surface area contributed by atoms with Crippen LogP contribution in [0.15, 0.2) is 78.9 Å². The minimum Gasteiger partial charge on any atom is -0.491 e. The molecule has 3 N–H and O–H groups in total. The second kappa shape index (κ2) is 11.0. The van der Waals surface area contributed by atoms with Gasteiger partial charge in [-0.25, -0.2) is 9.59 Å². The number of nitrogens with one attached hydrogen (secondary N) is 1. The number of carbonyl (C=O) groups excluding carboxylic acids is 1. The number of benzene rings is 3. The third-order valence-corrected chi connectivity index (χ3v) is 4.85. The Bertz CT molecular complexity index is 1090. The van der Waals surface area contributed by atoms with Gasteiger partial charge in [0.15, 0.2) is 0 Å². The summed E-state index contributed by atoms with van der Waals surface area (Å²) in [6, 6.07) is 20.2. The van der Waals surface area contributed by atoms with Gasteiger partial charge in [-0.2, -0.15) is 0 Å². The van der Waals surface area contributed by atoms with Crippen LogP contribution in [0.2, 0.25) is 0 Å². The van der Waals surface area contributed by atoms with Crippen molar-refractivity contribution in [1.82, 2.24) is 0 Å². The summed E-state index contributed by atoms with van der Waals surface area (Å²) in [4.78, 5) is 23.7. The molecule has 7 heteroatoms. The molecule has 0 saturated carbocycles. The van der Waals surface area contributed by atoms with Crippen molar-refractivity contribution >= 4 is 28.5 Å². The quantitative estimate of drug-likeness (QED) is 0.418. The highest BCUT2D eigenvalue weighted by molar-refractivity contribution is 6.00. The average Bonchev–Trinajstić information content (AvgIpc) is 2.80. The van der Waals surface area contributed by atoms with Crippen LogP contribution < -0.4 is 10.1 Å². The predicted molar refractivity (Wildman–Crippen MR) is 122 cm³/mol. The molecule has 0 radical (unpaired) electrons. The predicted octanol–water partition coefficient (Wildman–Crippen LogP) is 4.78. The number of carbonyl (C=O) groups is 2. The van der Waals surface area contributed by atoms with E-state index in [-0.39, 0.29) is 13.2 Å². The molecule has 3 rings (SSSR count). The molecule has 3 aromatic rings. The van der Waals surface area contributed by atoms with Crippen LogP contribution in [0.25, 0.3) is 10.8 Å². The van der Waals surface area contributed by atoms with Gasteiger partial charge in [0.25, 0.3) is 0 Å². The second-order valence-corrected chi connectivity index (χ2v) is 7.18. The van der Waals surface area contributed by atoms with E-state index in [1.807, 2.05) is 36.4 Å². The molecule has 0 saturated heterocycles. The molecule has 166 valence electrons. The topological polar surface area (TPSA) is 105 Å². The Labute approximate surface area is 185 Å². The fourth-order valence-corrected chi connectivity index (χ4v) is 3.32. The minimum absolute atomic E-state index is 0.0984. The van der Waals surface area contributed by atoms with E-state index in [2.05, 4.69) is 5.32 Å². The van der Waals surface area contributed by atoms with Gasteiger partial charge >= 0.3 is 12.1 Å². The molecule has 0 aliphatic rings. The van der Waals surface area contributed by atoms with Gasteiger partial charge in [0.05, 0.1) is 12.3 Å². The van der Waals surface area contributed by atoms with Gasteiger partial charge in [-0.3, -0.25) is 5.32 Å². The van der Waals surface area contributed by atoms with Crippen molar-refractivity contribution in [2.45, 2.75) is 13.0 Å². The first-order valence-electron chi connectivity index (χ1n) is 10.2. The first kappa shape index (κ1) is 22.8. The summed E-state index contributed by atoms with van der Waals surface area (Å²) >= 11 is 0. The second-order valence-electron chi connectivity index (χ2n) is 7.18. The first-order valence-corrected chi connectivity index (χ1v) is 10.2. The first-order chi connectivity index (χ1) is 15.5. The number of ether oxygens (including phenoxy) is 2. The van der Waals surface area contributed by atoms with Crippen LogP contribution in [0, 0.1) is 5.92 Å². The van der Waals surface area contributed by atoms with Gasteiger partial charge in [-0.05, 0) is 29.1 Å². The molecule has 0 aliphatic carbocycles. The molecule has 0 heterocycles.